The van der Waals surface area contributed by atoms with E-state index in [1.165, 1.54) is 12.2 Å². The van der Waals surface area contributed by atoms with Crippen molar-refractivity contribution in [1.29, 1.82) is 0 Å². The summed E-state index contributed by atoms with van der Waals surface area (Å²) in [7, 11) is 1.66. The average Bonchev–Trinajstić information content (AvgIpc) is 3.13. The lowest BCUT2D eigenvalue weighted by atomic mass is 9.98. The number of nitrogens with zero attached hydrogens (tertiary/aromatic N) is 2. The van der Waals surface area contributed by atoms with Crippen molar-refractivity contribution < 1.29 is 13.9 Å². The van der Waals surface area contributed by atoms with Gasteiger partial charge in [0.1, 0.15) is 23.4 Å². The molecule has 0 fully saturated rings. The number of fused-ring (bicyclic) bond motifs is 1. The summed E-state index contributed by atoms with van der Waals surface area (Å²) in [5.41, 5.74) is 2.05. The first-order valence-electron chi connectivity index (χ1n) is 9.76. The van der Waals surface area contributed by atoms with Gasteiger partial charge in [0.15, 0.2) is 0 Å². The summed E-state index contributed by atoms with van der Waals surface area (Å²) in [6, 6.07) is 13.9. The Kier molecular flexibility index (Phi) is 6.70. The second-order valence-corrected chi connectivity index (χ2v) is 7.18. The van der Waals surface area contributed by atoms with Crippen LogP contribution in [0.1, 0.15) is 32.4 Å². The molecule has 0 aliphatic carbocycles. The molecule has 152 valence electrons. The van der Waals surface area contributed by atoms with Gasteiger partial charge in [-0.25, -0.2) is 4.39 Å². The highest BCUT2D eigenvalue weighted by Gasteiger charge is 2.19. The van der Waals surface area contributed by atoms with Crippen LogP contribution in [-0.2, 0) is 6.54 Å². The highest BCUT2D eigenvalue weighted by molar-refractivity contribution is 5.80. The Morgan fingerprint density at radius 3 is 2.72 bits per heavy atom. The van der Waals surface area contributed by atoms with E-state index in [0.717, 1.165) is 28.0 Å². The van der Waals surface area contributed by atoms with Gasteiger partial charge in [-0.1, -0.05) is 38.1 Å². The molecule has 5 heteroatoms. The smallest absolute Gasteiger partial charge is 0.126 e. The Hall–Kier alpha value is -3.08. The van der Waals surface area contributed by atoms with Crippen LogP contribution in [0.5, 0.6) is 11.5 Å². The molecule has 0 N–H and O–H groups in total. The molecule has 1 aromatic heterocycles. The molecule has 2 aromatic carbocycles. The minimum Gasteiger partial charge on any atom is -0.497 e. The zero-order chi connectivity index (χ0) is 20.8. The second-order valence-electron chi connectivity index (χ2n) is 7.18. The molecule has 1 atom stereocenters. The molecular weight excluding hydrogens is 367 g/mol. The van der Waals surface area contributed by atoms with Crippen LogP contribution in [0.3, 0.4) is 0 Å². The Balaban J connectivity index is 1.81. The largest absolute Gasteiger partial charge is 0.497 e. The molecule has 0 bridgehead atoms. The lowest BCUT2D eigenvalue weighted by Crippen LogP contribution is -2.14. The topological polar surface area (TPSA) is 36.3 Å². The summed E-state index contributed by atoms with van der Waals surface area (Å²) in [5.74, 6) is 1.63. The van der Waals surface area contributed by atoms with Crippen LogP contribution in [0.2, 0.25) is 0 Å². The van der Waals surface area contributed by atoms with Crippen molar-refractivity contribution >= 4 is 10.9 Å². The average molecular weight is 394 g/mol. The van der Waals surface area contributed by atoms with E-state index >= 15 is 0 Å². The van der Waals surface area contributed by atoms with Crippen molar-refractivity contribution in [2.45, 2.75) is 33.4 Å². The number of rotatable bonds is 8. The van der Waals surface area contributed by atoms with E-state index in [-0.39, 0.29) is 17.8 Å². The summed E-state index contributed by atoms with van der Waals surface area (Å²) in [6.07, 6.45) is 6.34. The Morgan fingerprint density at radius 1 is 1.17 bits per heavy atom. The van der Waals surface area contributed by atoms with E-state index in [9.17, 15) is 4.39 Å². The Labute approximate surface area is 171 Å². The van der Waals surface area contributed by atoms with Crippen LogP contribution in [0, 0.1) is 5.92 Å². The molecule has 0 amide bonds. The maximum Gasteiger partial charge on any atom is 0.126 e. The third-order valence-electron chi connectivity index (χ3n) is 4.74. The highest BCUT2D eigenvalue weighted by Crippen LogP contribution is 2.31. The number of allylic oxidation sites excluding steroid dienone is 4. The Bertz CT molecular complexity index is 1020. The molecule has 4 nitrogen and oxygen atoms in total. The van der Waals surface area contributed by atoms with E-state index in [1.54, 1.807) is 26.3 Å². The van der Waals surface area contributed by atoms with Gasteiger partial charge in [-0.05, 0) is 54.8 Å². The van der Waals surface area contributed by atoms with Crippen LogP contribution < -0.4 is 9.47 Å². The van der Waals surface area contributed by atoms with Crippen molar-refractivity contribution in [2.75, 3.05) is 7.11 Å². The predicted molar refractivity (Wildman–Crippen MR) is 115 cm³/mol. The predicted octanol–water partition coefficient (Wildman–Crippen LogP) is 6.25. The van der Waals surface area contributed by atoms with Gasteiger partial charge in [0, 0.05) is 5.39 Å². The van der Waals surface area contributed by atoms with Gasteiger partial charge >= 0.3 is 0 Å². The number of methoxy groups -OCH3 is 1. The normalized spacial score (nSPS) is 13.4. The molecule has 0 radical (unpaired) electrons. The lowest BCUT2D eigenvalue weighted by Gasteiger charge is -2.23. The molecule has 0 aliphatic heterocycles. The summed E-state index contributed by atoms with van der Waals surface area (Å²) in [6.45, 7) is 6.44. The SMILES string of the molecule is C/C=C(F)\C=C/Cn1ncc2cc(O[C@H](c3cccc(OC)c3)C(C)C)ccc21. The van der Waals surface area contributed by atoms with E-state index < -0.39 is 0 Å². The molecule has 0 saturated carbocycles. The first-order valence-corrected chi connectivity index (χ1v) is 9.76. The number of ether oxygens (including phenoxy) is 2. The fourth-order valence-electron chi connectivity index (χ4n) is 3.20. The monoisotopic (exact) mass is 394 g/mol. The molecule has 0 spiro atoms. The van der Waals surface area contributed by atoms with Gasteiger partial charge in [0.05, 0.1) is 25.4 Å². The molecule has 1 heterocycles. The second kappa shape index (κ2) is 9.41. The molecular formula is C24H27FN2O2. The number of hydrogen-bond donors (Lipinski definition) is 0. The van der Waals surface area contributed by atoms with Crippen molar-refractivity contribution in [2.24, 2.45) is 5.92 Å². The van der Waals surface area contributed by atoms with Crippen molar-refractivity contribution in [3.63, 3.8) is 0 Å². The van der Waals surface area contributed by atoms with Crippen molar-refractivity contribution in [3.8, 4) is 11.5 Å². The molecule has 0 unspecified atom stereocenters. The number of hydrogen-bond acceptors (Lipinski definition) is 3. The third-order valence-corrected chi connectivity index (χ3v) is 4.74. The fourth-order valence-corrected chi connectivity index (χ4v) is 3.20. The van der Waals surface area contributed by atoms with Gasteiger partial charge in [0.25, 0.3) is 0 Å². The summed E-state index contributed by atoms with van der Waals surface area (Å²) < 4.78 is 26.7. The number of benzene rings is 2. The van der Waals surface area contributed by atoms with E-state index in [1.807, 2.05) is 41.1 Å². The lowest BCUT2D eigenvalue weighted by molar-refractivity contribution is 0.153. The van der Waals surface area contributed by atoms with Crippen molar-refractivity contribution in [1.82, 2.24) is 9.78 Å². The molecule has 0 aliphatic rings. The van der Waals surface area contributed by atoms with Gasteiger partial charge in [-0.15, -0.1) is 0 Å². The van der Waals surface area contributed by atoms with Crippen molar-refractivity contribution in [3.05, 3.63) is 78.3 Å². The van der Waals surface area contributed by atoms with Crippen LogP contribution >= 0.6 is 0 Å². The first kappa shape index (κ1) is 20.6. The standard InChI is InChI=1S/C24H27FN2O2/c1-5-20(25)9-7-13-27-23-12-11-22(15-19(23)16-26-27)29-24(17(2)3)18-8-6-10-21(14-18)28-4/h5-12,14-17,24H,13H2,1-4H3/b9-7-,20-5+/t24-/m0/s1. The maximum absolute atomic E-state index is 13.2. The summed E-state index contributed by atoms with van der Waals surface area (Å²) in [4.78, 5) is 0. The highest BCUT2D eigenvalue weighted by atomic mass is 19.1. The van der Waals surface area contributed by atoms with Gasteiger partial charge in [-0.2, -0.15) is 5.10 Å². The molecule has 0 saturated heterocycles. The van der Waals surface area contributed by atoms with Crippen LogP contribution in [0.25, 0.3) is 10.9 Å². The zero-order valence-electron chi connectivity index (χ0n) is 17.3. The maximum atomic E-state index is 13.2. The fraction of sp³-hybridized carbons (Fsp3) is 0.292. The minimum atomic E-state index is -0.255. The van der Waals surface area contributed by atoms with E-state index in [2.05, 4.69) is 25.0 Å². The van der Waals surface area contributed by atoms with Gasteiger partial charge in [-0.3, -0.25) is 4.68 Å². The zero-order valence-corrected chi connectivity index (χ0v) is 17.3. The summed E-state index contributed by atoms with van der Waals surface area (Å²) >= 11 is 0. The van der Waals surface area contributed by atoms with Gasteiger partial charge in [0.2, 0.25) is 0 Å². The Morgan fingerprint density at radius 2 is 2.00 bits per heavy atom. The van der Waals surface area contributed by atoms with Crippen LogP contribution in [0.4, 0.5) is 4.39 Å². The van der Waals surface area contributed by atoms with Crippen LogP contribution in [-0.4, -0.2) is 16.9 Å². The first-order chi connectivity index (χ1) is 14.0. The number of halogens is 1. The van der Waals surface area contributed by atoms with E-state index in [4.69, 9.17) is 9.47 Å². The van der Waals surface area contributed by atoms with Gasteiger partial charge < -0.3 is 9.47 Å². The van der Waals surface area contributed by atoms with E-state index in [0.29, 0.717) is 6.54 Å². The molecule has 29 heavy (non-hydrogen) atoms. The van der Waals surface area contributed by atoms with Crippen LogP contribution in [0.15, 0.2) is 72.7 Å². The quantitative estimate of drug-likeness (QED) is 0.424. The molecule has 3 aromatic rings. The third kappa shape index (κ3) is 5.05. The minimum absolute atomic E-state index is 0.0932. The molecule has 3 rings (SSSR count). The summed E-state index contributed by atoms with van der Waals surface area (Å²) in [5, 5.41) is 5.39. The number of aromatic nitrogens is 2.